The molecule has 0 radical (unpaired) electrons. The summed E-state index contributed by atoms with van der Waals surface area (Å²) in [4.78, 5) is 29.0. The van der Waals surface area contributed by atoms with Crippen LogP contribution in [0.5, 0.6) is 0 Å². The lowest BCUT2D eigenvalue weighted by Crippen LogP contribution is -2.54. The molecule has 7 nitrogen and oxygen atoms in total. The highest BCUT2D eigenvalue weighted by Gasteiger charge is 2.30. The fourth-order valence-corrected chi connectivity index (χ4v) is 4.30. The smallest absolute Gasteiger partial charge is 0.152 e. The maximum absolute atomic E-state index is 12.1. The number of aldehydes is 1. The number of nitrogens with zero attached hydrogens (tertiary/aromatic N) is 5. The van der Waals surface area contributed by atoms with Crippen molar-refractivity contribution in [1.29, 1.82) is 0 Å². The molecule has 1 atom stereocenters. The molecule has 3 heterocycles. The van der Waals surface area contributed by atoms with Gasteiger partial charge in [0, 0.05) is 56.9 Å². The van der Waals surface area contributed by atoms with E-state index in [0.29, 0.717) is 6.54 Å². The van der Waals surface area contributed by atoms with Gasteiger partial charge in [0.25, 0.3) is 0 Å². The Hall–Kier alpha value is -3.06. The second-order valence-corrected chi connectivity index (χ2v) is 8.52. The Morgan fingerprint density at radius 2 is 2.03 bits per heavy atom. The summed E-state index contributed by atoms with van der Waals surface area (Å²) in [5, 5.41) is 1.17. The molecular weight excluding hydrogens is 388 g/mol. The maximum Gasteiger partial charge on any atom is 0.152 e. The average Bonchev–Trinajstić information content (AvgIpc) is 3.20. The number of hydrogen-bond donors (Lipinski definition) is 1. The highest BCUT2D eigenvalue weighted by atomic mass is 16.1. The normalized spacial score (nSPS) is 16.9. The van der Waals surface area contributed by atoms with E-state index in [1.54, 1.807) is 0 Å². The monoisotopic (exact) mass is 420 g/mol. The molecule has 4 rings (SSSR count). The van der Waals surface area contributed by atoms with Gasteiger partial charge in [-0.15, -0.1) is 0 Å². The van der Waals surface area contributed by atoms with E-state index in [0.717, 1.165) is 55.3 Å². The SMILES string of the molecule is CCN(C)c1cccnc1N1CCN(c2cc3ccc(CN(C)C)cc3[nH]2)C(C=O)C1. The molecule has 0 aliphatic carbocycles. The van der Waals surface area contributed by atoms with Crippen LogP contribution in [0.2, 0.25) is 0 Å². The van der Waals surface area contributed by atoms with Gasteiger partial charge in [-0.25, -0.2) is 4.98 Å². The molecule has 31 heavy (non-hydrogen) atoms. The predicted molar refractivity (Wildman–Crippen MR) is 128 cm³/mol. The van der Waals surface area contributed by atoms with Gasteiger partial charge < -0.3 is 29.4 Å². The zero-order valence-corrected chi connectivity index (χ0v) is 18.9. The van der Waals surface area contributed by atoms with Crippen molar-refractivity contribution >= 4 is 34.5 Å². The minimum Gasteiger partial charge on any atom is -0.372 e. The molecule has 164 valence electrons. The van der Waals surface area contributed by atoms with E-state index in [9.17, 15) is 4.79 Å². The number of pyridine rings is 1. The highest BCUT2D eigenvalue weighted by molar-refractivity contribution is 5.85. The number of rotatable bonds is 7. The molecule has 1 N–H and O–H groups in total. The van der Waals surface area contributed by atoms with Crippen molar-refractivity contribution in [3.63, 3.8) is 0 Å². The summed E-state index contributed by atoms with van der Waals surface area (Å²) >= 11 is 0. The van der Waals surface area contributed by atoms with Crippen molar-refractivity contribution in [3.8, 4) is 0 Å². The lowest BCUT2D eigenvalue weighted by molar-refractivity contribution is -0.109. The lowest BCUT2D eigenvalue weighted by atomic mass is 10.1. The largest absolute Gasteiger partial charge is 0.372 e. The van der Waals surface area contributed by atoms with E-state index in [1.165, 1.54) is 10.9 Å². The van der Waals surface area contributed by atoms with E-state index < -0.39 is 0 Å². The molecule has 1 fully saturated rings. The van der Waals surface area contributed by atoms with Crippen LogP contribution in [0.1, 0.15) is 12.5 Å². The number of aromatic amines is 1. The van der Waals surface area contributed by atoms with Crippen molar-refractivity contribution in [2.45, 2.75) is 19.5 Å². The standard InChI is InChI=1S/C24H32N6O/c1-5-28(4)22-7-6-10-25-24(22)29-11-12-30(20(16-29)17-31)23-14-19-9-8-18(15-27(2)3)13-21(19)26-23/h6-10,13-14,17,20,26H,5,11-12,15-16H2,1-4H3. The molecule has 1 aliphatic heterocycles. The number of fused-ring (bicyclic) bond motifs is 1. The van der Waals surface area contributed by atoms with Crippen LogP contribution in [0, 0.1) is 0 Å². The third-order valence-electron chi connectivity index (χ3n) is 6.01. The van der Waals surface area contributed by atoms with Gasteiger partial charge in [-0.2, -0.15) is 0 Å². The Balaban J connectivity index is 1.57. The summed E-state index contributed by atoms with van der Waals surface area (Å²) in [7, 11) is 6.22. The first-order valence-corrected chi connectivity index (χ1v) is 10.9. The van der Waals surface area contributed by atoms with Crippen LogP contribution in [0.25, 0.3) is 10.9 Å². The van der Waals surface area contributed by atoms with Crippen molar-refractivity contribution in [2.24, 2.45) is 0 Å². The Bertz CT molecular complexity index is 1050. The molecule has 1 aromatic carbocycles. The first kappa shape index (κ1) is 21.2. The molecule has 3 aromatic rings. The third-order valence-corrected chi connectivity index (χ3v) is 6.01. The van der Waals surface area contributed by atoms with E-state index in [-0.39, 0.29) is 6.04 Å². The third kappa shape index (κ3) is 4.37. The number of carbonyl (C=O) groups excluding carboxylic acids is 1. The van der Waals surface area contributed by atoms with Crippen molar-refractivity contribution < 1.29 is 4.79 Å². The van der Waals surface area contributed by atoms with E-state index >= 15 is 0 Å². The van der Waals surface area contributed by atoms with Crippen LogP contribution in [-0.4, -0.2) is 74.5 Å². The van der Waals surface area contributed by atoms with E-state index in [2.05, 4.69) is 88.0 Å². The summed E-state index contributed by atoms with van der Waals surface area (Å²) in [6.07, 6.45) is 2.88. The van der Waals surface area contributed by atoms with Crippen LogP contribution in [0.3, 0.4) is 0 Å². The molecule has 0 saturated carbocycles. The number of hydrogen-bond acceptors (Lipinski definition) is 6. The molecular formula is C24H32N6O. The number of aromatic nitrogens is 2. The van der Waals surface area contributed by atoms with Crippen molar-refractivity contribution in [2.75, 3.05) is 62.0 Å². The molecule has 1 saturated heterocycles. The topological polar surface area (TPSA) is 58.7 Å². The van der Waals surface area contributed by atoms with Crippen LogP contribution >= 0.6 is 0 Å². The summed E-state index contributed by atoms with van der Waals surface area (Å²) in [5.74, 6) is 1.95. The first-order chi connectivity index (χ1) is 15.0. The lowest BCUT2D eigenvalue weighted by Gasteiger charge is -2.41. The van der Waals surface area contributed by atoms with Crippen molar-refractivity contribution in [3.05, 3.63) is 48.2 Å². The molecule has 0 bridgehead atoms. The maximum atomic E-state index is 12.1. The van der Waals surface area contributed by atoms with Gasteiger partial charge in [-0.1, -0.05) is 12.1 Å². The van der Waals surface area contributed by atoms with Gasteiger partial charge in [0.2, 0.25) is 0 Å². The van der Waals surface area contributed by atoms with E-state index in [4.69, 9.17) is 0 Å². The molecule has 1 unspecified atom stereocenters. The Labute approximate surface area is 184 Å². The fraction of sp³-hybridized carbons (Fsp3) is 0.417. The zero-order valence-electron chi connectivity index (χ0n) is 18.9. The summed E-state index contributed by atoms with van der Waals surface area (Å²) < 4.78 is 0. The molecule has 0 amide bonds. The van der Waals surface area contributed by atoms with Gasteiger partial charge >= 0.3 is 0 Å². The van der Waals surface area contributed by atoms with Gasteiger partial charge in [-0.05, 0) is 50.8 Å². The number of piperazine rings is 1. The predicted octanol–water partition coefficient (Wildman–Crippen LogP) is 2.97. The highest BCUT2D eigenvalue weighted by Crippen LogP contribution is 2.30. The van der Waals surface area contributed by atoms with Gasteiger partial charge in [-0.3, -0.25) is 0 Å². The number of benzene rings is 1. The summed E-state index contributed by atoms with van der Waals surface area (Å²) in [5.41, 5.74) is 3.48. The molecule has 7 heteroatoms. The van der Waals surface area contributed by atoms with Gasteiger partial charge in [0.1, 0.15) is 18.1 Å². The quantitative estimate of drug-likeness (QED) is 0.593. The van der Waals surface area contributed by atoms with Crippen LogP contribution in [0.4, 0.5) is 17.3 Å². The average molecular weight is 421 g/mol. The minimum absolute atomic E-state index is 0.232. The first-order valence-electron chi connectivity index (χ1n) is 10.9. The number of H-pyrrole nitrogens is 1. The Morgan fingerprint density at radius 3 is 2.77 bits per heavy atom. The van der Waals surface area contributed by atoms with Crippen molar-refractivity contribution in [1.82, 2.24) is 14.9 Å². The van der Waals surface area contributed by atoms with Gasteiger partial charge in [0.15, 0.2) is 5.82 Å². The van der Waals surface area contributed by atoms with Gasteiger partial charge in [0.05, 0.1) is 5.69 Å². The Morgan fingerprint density at radius 1 is 1.19 bits per heavy atom. The van der Waals surface area contributed by atoms with Crippen LogP contribution < -0.4 is 14.7 Å². The second-order valence-electron chi connectivity index (χ2n) is 8.52. The number of nitrogens with one attached hydrogen (secondary N) is 1. The second kappa shape index (κ2) is 8.98. The molecule has 1 aliphatic rings. The number of carbonyl (C=O) groups is 1. The minimum atomic E-state index is -0.232. The summed E-state index contributed by atoms with van der Waals surface area (Å²) in [6, 6.07) is 12.5. The van der Waals surface area contributed by atoms with Crippen LogP contribution in [-0.2, 0) is 11.3 Å². The summed E-state index contributed by atoms with van der Waals surface area (Å²) in [6.45, 7) is 6.12. The zero-order chi connectivity index (χ0) is 22.0. The van der Waals surface area contributed by atoms with Crippen LogP contribution in [0.15, 0.2) is 42.6 Å². The molecule has 0 spiro atoms. The van der Waals surface area contributed by atoms with E-state index in [1.807, 2.05) is 12.3 Å². The molecule has 2 aromatic heterocycles. The number of anilines is 3. The fourth-order valence-electron chi connectivity index (χ4n) is 4.30. The Kier molecular flexibility index (Phi) is 6.13.